The van der Waals surface area contributed by atoms with E-state index < -0.39 is 0 Å². The molecule has 17 heavy (non-hydrogen) atoms. The van der Waals surface area contributed by atoms with Crippen LogP contribution in [0, 0.1) is 0 Å². The van der Waals surface area contributed by atoms with Crippen LogP contribution in [0.25, 0.3) is 0 Å². The zero-order valence-corrected chi connectivity index (χ0v) is 10.1. The van der Waals surface area contributed by atoms with E-state index in [9.17, 15) is 0 Å². The molecule has 1 unspecified atom stereocenters. The predicted octanol–water partition coefficient (Wildman–Crippen LogP) is 2.14. The van der Waals surface area contributed by atoms with Gasteiger partial charge in [-0.3, -0.25) is 0 Å². The number of fused-ring (bicyclic) bond motifs is 1. The number of ether oxygens (including phenoxy) is 2. The summed E-state index contributed by atoms with van der Waals surface area (Å²) in [5.41, 5.74) is 1.28. The molecular formula is C14H19NO2. The molecule has 1 saturated heterocycles. The summed E-state index contributed by atoms with van der Waals surface area (Å²) in [7, 11) is 0. The average Bonchev–Trinajstić information content (AvgIpc) is 2.86. The first-order valence-corrected chi connectivity index (χ1v) is 6.54. The Bertz CT molecular complexity index is 386. The zero-order valence-electron chi connectivity index (χ0n) is 10.1. The zero-order chi connectivity index (χ0) is 11.5. The lowest BCUT2D eigenvalue weighted by molar-refractivity contribution is 0.228. The van der Waals surface area contributed by atoms with E-state index in [-0.39, 0.29) is 0 Å². The van der Waals surface area contributed by atoms with Crippen LogP contribution in [-0.2, 0) is 6.42 Å². The van der Waals surface area contributed by atoms with Gasteiger partial charge in [0, 0.05) is 18.0 Å². The van der Waals surface area contributed by atoms with Crippen molar-refractivity contribution in [2.75, 3.05) is 19.8 Å². The third kappa shape index (κ3) is 2.39. The molecule has 2 aliphatic heterocycles. The SMILES string of the molecule is c1cc2c(c(OCC3CCCCN3)c1)OCC2. The molecule has 3 heteroatoms. The fourth-order valence-electron chi connectivity index (χ4n) is 2.56. The molecule has 0 aliphatic carbocycles. The molecule has 3 nitrogen and oxygen atoms in total. The van der Waals surface area contributed by atoms with E-state index in [4.69, 9.17) is 9.47 Å². The summed E-state index contributed by atoms with van der Waals surface area (Å²) < 4.78 is 11.5. The van der Waals surface area contributed by atoms with Gasteiger partial charge in [0.15, 0.2) is 11.5 Å². The lowest BCUT2D eigenvalue weighted by Gasteiger charge is -2.23. The van der Waals surface area contributed by atoms with Gasteiger partial charge in [-0.2, -0.15) is 0 Å². The highest BCUT2D eigenvalue weighted by Gasteiger charge is 2.18. The lowest BCUT2D eigenvalue weighted by atomic mass is 10.1. The monoisotopic (exact) mass is 233 g/mol. The molecule has 1 atom stereocenters. The van der Waals surface area contributed by atoms with Gasteiger partial charge in [-0.15, -0.1) is 0 Å². The molecule has 0 bridgehead atoms. The molecule has 1 fully saturated rings. The number of rotatable bonds is 3. The van der Waals surface area contributed by atoms with Gasteiger partial charge in [0.2, 0.25) is 0 Å². The van der Waals surface area contributed by atoms with Crippen LogP contribution in [0.2, 0.25) is 0 Å². The molecule has 2 aliphatic rings. The van der Waals surface area contributed by atoms with Crippen LogP contribution in [0.3, 0.4) is 0 Å². The van der Waals surface area contributed by atoms with Crippen molar-refractivity contribution in [3.63, 3.8) is 0 Å². The summed E-state index contributed by atoms with van der Waals surface area (Å²) in [5, 5.41) is 3.49. The summed E-state index contributed by atoms with van der Waals surface area (Å²) in [6.45, 7) is 2.66. The molecular weight excluding hydrogens is 214 g/mol. The number of hydrogen-bond donors (Lipinski definition) is 1. The maximum absolute atomic E-state index is 5.90. The van der Waals surface area contributed by atoms with Crippen LogP contribution >= 0.6 is 0 Å². The second kappa shape index (κ2) is 4.96. The molecule has 0 spiro atoms. The minimum absolute atomic E-state index is 0.501. The predicted molar refractivity (Wildman–Crippen MR) is 66.8 cm³/mol. The Morgan fingerprint density at radius 1 is 1.35 bits per heavy atom. The Hall–Kier alpha value is -1.22. The molecule has 3 rings (SSSR count). The second-order valence-electron chi connectivity index (χ2n) is 4.80. The number of benzene rings is 1. The highest BCUT2D eigenvalue weighted by molar-refractivity contribution is 5.48. The Labute approximate surface area is 102 Å². The molecule has 1 aromatic carbocycles. The Balaban J connectivity index is 1.63. The van der Waals surface area contributed by atoms with Gasteiger partial charge >= 0.3 is 0 Å². The summed E-state index contributed by atoms with van der Waals surface area (Å²) in [5.74, 6) is 1.87. The summed E-state index contributed by atoms with van der Waals surface area (Å²) >= 11 is 0. The van der Waals surface area contributed by atoms with E-state index in [0.717, 1.165) is 37.7 Å². The van der Waals surface area contributed by atoms with Gasteiger partial charge in [-0.1, -0.05) is 18.6 Å². The highest BCUT2D eigenvalue weighted by atomic mass is 16.5. The molecule has 0 saturated carbocycles. The molecule has 1 N–H and O–H groups in total. The second-order valence-corrected chi connectivity index (χ2v) is 4.80. The largest absolute Gasteiger partial charge is 0.489 e. The van der Waals surface area contributed by atoms with Crippen molar-refractivity contribution in [2.24, 2.45) is 0 Å². The Kier molecular flexibility index (Phi) is 3.18. The van der Waals surface area contributed by atoms with Crippen molar-refractivity contribution >= 4 is 0 Å². The van der Waals surface area contributed by atoms with Crippen molar-refractivity contribution in [1.29, 1.82) is 0 Å². The minimum Gasteiger partial charge on any atom is -0.489 e. The number of piperidine rings is 1. The van der Waals surface area contributed by atoms with Crippen molar-refractivity contribution < 1.29 is 9.47 Å². The van der Waals surface area contributed by atoms with E-state index in [1.165, 1.54) is 24.8 Å². The van der Waals surface area contributed by atoms with Crippen molar-refractivity contribution in [1.82, 2.24) is 5.32 Å². The van der Waals surface area contributed by atoms with Gasteiger partial charge in [-0.25, -0.2) is 0 Å². The summed E-state index contributed by atoms with van der Waals surface area (Å²) in [4.78, 5) is 0. The first-order valence-electron chi connectivity index (χ1n) is 6.54. The van der Waals surface area contributed by atoms with Crippen LogP contribution < -0.4 is 14.8 Å². The molecule has 0 amide bonds. The molecule has 92 valence electrons. The van der Waals surface area contributed by atoms with Crippen LogP contribution in [-0.4, -0.2) is 25.8 Å². The average molecular weight is 233 g/mol. The van der Waals surface area contributed by atoms with E-state index in [0.29, 0.717) is 6.04 Å². The van der Waals surface area contributed by atoms with Crippen LogP contribution in [0.1, 0.15) is 24.8 Å². The molecule has 2 heterocycles. The lowest BCUT2D eigenvalue weighted by Crippen LogP contribution is -2.38. The summed E-state index contributed by atoms with van der Waals surface area (Å²) in [6, 6.07) is 6.68. The molecule has 1 aromatic rings. The van der Waals surface area contributed by atoms with Crippen LogP contribution in [0.4, 0.5) is 0 Å². The first kappa shape index (κ1) is 10.9. The maximum atomic E-state index is 5.90. The van der Waals surface area contributed by atoms with E-state index in [2.05, 4.69) is 17.4 Å². The van der Waals surface area contributed by atoms with Crippen LogP contribution in [0.15, 0.2) is 18.2 Å². The quantitative estimate of drug-likeness (QED) is 0.867. The van der Waals surface area contributed by atoms with E-state index in [1.54, 1.807) is 0 Å². The van der Waals surface area contributed by atoms with E-state index >= 15 is 0 Å². The normalized spacial score (nSPS) is 22.9. The number of nitrogens with one attached hydrogen (secondary N) is 1. The fourth-order valence-corrected chi connectivity index (χ4v) is 2.56. The van der Waals surface area contributed by atoms with Crippen LogP contribution in [0.5, 0.6) is 11.5 Å². The Morgan fingerprint density at radius 3 is 3.24 bits per heavy atom. The van der Waals surface area contributed by atoms with Crippen molar-refractivity contribution in [3.8, 4) is 11.5 Å². The van der Waals surface area contributed by atoms with Crippen molar-refractivity contribution in [3.05, 3.63) is 23.8 Å². The third-order valence-corrected chi connectivity index (χ3v) is 3.53. The summed E-state index contributed by atoms with van der Waals surface area (Å²) in [6.07, 6.45) is 4.83. The van der Waals surface area contributed by atoms with Gasteiger partial charge in [-0.05, 0) is 25.5 Å². The molecule has 0 aromatic heterocycles. The maximum Gasteiger partial charge on any atom is 0.164 e. The first-order chi connectivity index (χ1) is 8.43. The number of hydrogen-bond acceptors (Lipinski definition) is 3. The smallest absolute Gasteiger partial charge is 0.164 e. The van der Waals surface area contributed by atoms with Gasteiger partial charge in [0.05, 0.1) is 6.61 Å². The fraction of sp³-hybridized carbons (Fsp3) is 0.571. The Morgan fingerprint density at radius 2 is 2.35 bits per heavy atom. The van der Waals surface area contributed by atoms with Crippen molar-refractivity contribution in [2.45, 2.75) is 31.7 Å². The van der Waals surface area contributed by atoms with Gasteiger partial charge in [0.1, 0.15) is 6.61 Å². The third-order valence-electron chi connectivity index (χ3n) is 3.53. The standard InChI is InChI=1S/C14H19NO2/c1-2-8-15-12(5-1)10-17-13-6-3-4-11-7-9-16-14(11)13/h3-4,6,12,15H,1-2,5,7-10H2. The van der Waals surface area contributed by atoms with Gasteiger partial charge in [0.25, 0.3) is 0 Å². The number of para-hydroxylation sites is 1. The van der Waals surface area contributed by atoms with Gasteiger partial charge < -0.3 is 14.8 Å². The minimum atomic E-state index is 0.501. The molecule has 0 radical (unpaired) electrons. The van der Waals surface area contributed by atoms with E-state index in [1.807, 2.05) is 6.07 Å². The topological polar surface area (TPSA) is 30.5 Å². The highest BCUT2D eigenvalue weighted by Crippen LogP contribution is 2.35.